The fourth-order valence-corrected chi connectivity index (χ4v) is 6.75. The maximum absolute atomic E-state index is 12.7. The van der Waals surface area contributed by atoms with Crippen LogP contribution in [0.15, 0.2) is 72.8 Å². The van der Waals surface area contributed by atoms with Gasteiger partial charge in [-0.1, -0.05) is 24.3 Å². The number of carbonyl (C=O) groups excluding carboxylic acids is 2. The smallest absolute Gasteiger partial charge is 0.303 e. The van der Waals surface area contributed by atoms with E-state index in [1.165, 1.54) is 13.8 Å². The van der Waals surface area contributed by atoms with Gasteiger partial charge >= 0.3 is 11.9 Å². The van der Waals surface area contributed by atoms with Gasteiger partial charge in [0.1, 0.15) is 34.9 Å². The summed E-state index contributed by atoms with van der Waals surface area (Å²) in [7, 11) is 7.89. The summed E-state index contributed by atoms with van der Waals surface area (Å²) < 4.78 is 53.1. The second-order valence-electron chi connectivity index (χ2n) is 12.0. The maximum atomic E-state index is 12.7. The summed E-state index contributed by atoms with van der Waals surface area (Å²) >= 11 is 0. The molecule has 2 aliphatic heterocycles. The van der Waals surface area contributed by atoms with Gasteiger partial charge in [0.2, 0.25) is 0 Å². The molecule has 0 amide bonds. The average Bonchev–Trinajstić information content (AvgIpc) is 3.12. The number of carbonyl (C=O) groups is 2. The van der Waals surface area contributed by atoms with Gasteiger partial charge in [-0.25, -0.2) is 0 Å². The lowest BCUT2D eigenvalue weighted by atomic mass is 9.78. The third-order valence-electron chi connectivity index (χ3n) is 9.00. The van der Waals surface area contributed by atoms with Crippen LogP contribution >= 0.6 is 0 Å². The zero-order chi connectivity index (χ0) is 35.5. The molecule has 0 saturated carbocycles. The normalized spacial score (nSPS) is 20.5. The molecule has 0 fully saturated rings. The van der Waals surface area contributed by atoms with E-state index in [-0.39, 0.29) is 0 Å². The van der Waals surface area contributed by atoms with E-state index in [9.17, 15) is 9.59 Å². The van der Waals surface area contributed by atoms with E-state index < -0.39 is 42.3 Å². The van der Waals surface area contributed by atoms with Crippen molar-refractivity contribution in [3.63, 3.8) is 0 Å². The number of hydrogen-bond donors (Lipinski definition) is 0. The van der Waals surface area contributed by atoms with Crippen LogP contribution in [0.3, 0.4) is 0 Å². The largest absolute Gasteiger partial charge is 0.497 e. The van der Waals surface area contributed by atoms with Crippen molar-refractivity contribution in [3.8, 4) is 40.2 Å². The molecule has 50 heavy (non-hydrogen) atoms. The molecule has 4 aromatic rings. The second-order valence-corrected chi connectivity index (χ2v) is 12.0. The number of methoxy groups -OCH3 is 5. The van der Waals surface area contributed by atoms with Crippen LogP contribution < -0.4 is 33.2 Å². The van der Waals surface area contributed by atoms with Gasteiger partial charge in [-0.15, -0.1) is 0 Å². The van der Waals surface area contributed by atoms with Crippen LogP contribution in [0.25, 0.3) is 0 Å². The Morgan fingerprint density at radius 2 is 1.22 bits per heavy atom. The van der Waals surface area contributed by atoms with Crippen molar-refractivity contribution in [2.24, 2.45) is 0 Å². The minimum absolute atomic E-state index is 0.337. The molecule has 2 heterocycles. The Morgan fingerprint density at radius 1 is 0.580 bits per heavy atom. The van der Waals surface area contributed by atoms with Gasteiger partial charge in [0.05, 0.1) is 41.5 Å². The van der Waals surface area contributed by atoms with Crippen LogP contribution in [0.1, 0.15) is 59.8 Å². The molecule has 0 radical (unpaired) electrons. The third-order valence-corrected chi connectivity index (χ3v) is 9.00. The van der Waals surface area contributed by atoms with Crippen LogP contribution in [0, 0.1) is 0 Å². The summed E-state index contributed by atoms with van der Waals surface area (Å²) in [5.41, 5.74) is 3.82. The molecular weight excluding hydrogens is 644 g/mol. The molecule has 6 rings (SSSR count). The fourth-order valence-electron chi connectivity index (χ4n) is 6.75. The summed E-state index contributed by atoms with van der Waals surface area (Å²) in [6.45, 7) is 2.75. The van der Waals surface area contributed by atoms with Crippen LogP contribution in [0.5, 0.6) is 40.2 Å². The number of fused-ring (bicyclic) bond motifs is 2. The molecule has 0 unspecified atom stereocenters. The number of ether oxygens (including phenoxy) is 9. The van der Waals surface area contributed by atoms with Crippen LogP contribution in [0.2, 0.25) is 0 Å². The predicted molar refractivity (Wildman–Crippen MR) is 182 cm³/mol. The first-order chi connectivity index (χ1) is 24.2. The van der Waals surface area contributed by atoms with Gasteiger partial charge in [0.25, 0.3) is 0 Å². The Bertz CT molecular complexity index is 1870. The average molecular weight is 685 g/mol. The van der Waals surface area contributed by atoms with Gasteiger partial charge in [-0.3, -0.25) is 9.59 Å². The van der Waals surface area contributed by atoms with E-state index in [1.54, 1.807) is 41.6 Å². The summed E-state index contributed by atoms with van der Waals surface area (Å²) in [6.07, 6.45) is -2.48. The zero-order valence-corrected chi connectivity index (χ0v) is 29.0. The SMILES string of the molecule is COc1ccc([C@H]2Oc3cc(OC)ccc3[C@@H](c3cc4c(cc3OC)O[C@@H](c3ccc(OC)c(OC)c3)[C@@H](OC(C)=O)C4)[C@@H]2OC(C)=O)cc1. The van der Waals surface area contributed by atoms with Gasteiger partial charge < -0.3 is 42.6 Å². The maximum Gasteiger partial charge on any atom is 0.303 e. The van der Waals surface area contributed by atoms with Crippen LogP contribution in [-0.2, 0) is 25.5 Å². The summed E-state index contributed by atoms with van der Waals surface area (Å²) in [4.78, 5) is 25.1. The highest BCUT2D eigenvalue weighted by Crippen LogP contribution is 2.52. The van der Waals surface area contributed by atoms with Crippen LogP contribution in [0.4, 0.5) is 0 Å². The highest BCUT2D eigenvalue weighted by Gasteiger charge is 2.45. The van der Waals surface area contributed by atoms with Crippen molar-refractivity contribution < 1.29 is 52.2 Å². The first-order valence-corrected chi connectivity index (χ1v) is 16.1. The highest BCUT2D eigenvalue weighted by molar-refractivity contribution is 5.68. The van der Waals surface area contributed by atoms with Crippen molar-refractivity contribution in [1.82, 2.24) is 0 Å². The number of rotatable bonds is 10. The van der Waals surface area contributed by atoms with E-state index >= 15 is 0 Å². The Morgan fingerprint density at radius 3 is 1.86 bits per heavy atom. The number of hydrogen-bond acceptors (Lipinski definition) is 11. The quantitative estimate of drug-likeness (QED) is 0.170. The van der Waals surface area contributed by atoms with Gasteiger partial charge in [0, 0.05) is 49.1 Å². The molecule has 0 aliphatic carbocycles. The lowest BCUT2D eigenvalue weighted by molar-refractivity contribution is -0.154. The van der Waals surface area contributed by atoms with Gasteiger partial charge in [-0.05, 0) is 47.5 Å². The molecule has 0 bridgehead atoms. The number of benzene rings is 4. The second kappa shape index (κ2) is 14.5. The standard InChI is InChI=1S/C39H40O11/c1-21(40)47-35-18-25-16-29(32(45-6)20-31(25)49-37(35)24-10-15-30(44-5)34(17-24)46-7)36-28-14-13-27(43-4)19-33(28)50-38(39(36)48-22(2)41)23-8-11-26(42-3)12-9-23/h8-17,19-20,35-39H,18H2,1-7H3/t35-,36-,37-,38+,39-/m0/s1. The van der Waals surface area contributed by atoms with E-state index in [2.05, 4.69) is 0 Å². The van der Waals surface area contributed by atoms with Crippen molar-refractivity contribution in [2.45, 2.75) is 50.6 Å². The fraction of sp³-hybridized carbons (Fsp3) is 0.333. The Balaban J connectivity index is 1.49. The van der Waals surface area contributed by atoms with Crippen molar-refractivity contribution in [3.05, 3.63) is 101 Å². The summed E-state index contributed by atoms with van der Waals surface area (Å²) in [5.74, 6) is 2.57. The van der Waals surface area contributed by atoms with Gasteiger partial charge in [0.15, 0.2) is 29.8 Å². The monoisotopic (exact) mass is 684 g/mol. The topological polar surface area (TPSA) is 117 Å². The third kappa shape index (κ3) is 6.67. The first kappa shape index (κ1) is 34.3. The van der Waals surface area contributed by atoms with E-state index in [0.29, 0.717) is 46.7 Å². The van der Waals surface area contributed by atoms with Crippen molar-refractivity contribution in [2.75, 3.05) is 35.5 Å². The molecule has 0 aromatic heterocycles. The Hall–Kier alpha value is -5.58. The number of esters is 2. The van der Waals surface area contributed by atoms with E-state index in [0.717, 1.165) is 27.8 Å². The molecule has 2 aliphatic rings. The van der Waals surface area contributed by atoms with E-state index in [4.69, 9.17) is 42.6 Å². The molecule has 5 atom stereocenters. The Labute approximate surface area is 290 Å². The lowest BCUT2D eigenvalue weighted by Gasteiger charge is -2.40. The highest BCUT2D eigenvalue weighted by atomic mass is 16.6. The molecular formula is C39H40O11. The molecule has 0 spiro atoms. The molecule has 0 N–H and O–H groups in total. The summed E-state index contributed by atoms with van der Waals surface area (Å²) in [6, 6.07) is 22.3. The predicted octanol–water partition coefficient (Wildman–Crippen LogP) is 6.53. The Kier molecular flexibility index (Phi) is 9.94. The molecule has 11 heteroatoms. The minimum atomic E-state index is -0.804. The molecule has 0 saturated heterocycles. The first-order valence-electron chi connectivity index (χ1n) is 16.1. The molecule has 4 aromatic carbocycles. The molecule has 11 nitrogen and oxygen atoms in total. The van der Waals surface area contributed by atoms with Crippen LogP contribution in [-0.4, -0.2) is 59.7 Å². The zero-order valence-electron chi connectivity index (χ0n) is 29.0. The lowest BCUT2D eigenvalue weighted by Crippen LogP contribution is -2.39. The van der Waals surface area contributed by atoms with Crippen molar-refractivity contribution >= 4 is 11.9 Å². The molecule has 262 valence electrons. The van der Waals surface area contributed by atoms with E-state index in [1.807, 2.05) is 66.7 Å². The van der Waals surface area contributed by atoms with Gasteiger partial charge in [-0.2, -0.15) is 0 Å². The summed E-state index contributed by atoms with van der Waals surface area (Å²) in [5, 5.41) is 0. The minimum Gasteiger partial charge on any atom is -0.497 e. The van der Waals surface area contributed by atoms with Crippen molar-refractivity contribution in [1.29, 1.82) is 0 Å².